The second-order valence-electron chi connectivity index (χ2n) is 4.84. The summed E-state index contributed by atoms with van der Waals surface area (Å²) in [6.07, 6.45) is 2.64. The molecule has 0 spiro atoms. The average molecular weight is 208 g/mol. The molecule has 0 radical (unpaired) electrons. The topological polar surface area (TPSA) is 46.0 Å². The maximum absolute atomic E-state index is 9.19. The van der Waals surface area contributed by atoms with Crippen molar-refractivity contribution in [2.24, 2.45) is 0 Å². The van der Waals surface area contributed by atoms with Gasteiger partial charge in [-0.1, -0.05) is 27.7 Å². The number of hydrogen-bond acceptors (Lipinski definition) is 3. The highest BCUT2D eigenvalue weighted by atomic mass is 16.3. The number of rotatable bonds is 3. The van der Waals surface area contributed by atoms with E-state index in [-0.39, 0.29) is 17.9 Å². The molecule has 1 rings (SSSR count). The van der Waals surface area contributed by atoms with Gasteiger partial charge in [0.25, 0.3) is 0 Å². The second kappa shape index (κ2) is 4.71. The minimum Gasteiger partial charge on any atom is -0.396 e. The first kappa shape index (κ1) is 12.1. The van der Waals surface area contributed by atoms with Gasteiger partial charge in [0.2, 0.25) is 0 Å². The Kier molecular flexibility index (Phi) is 3.80. The molecule has 0 saturated carbocycles. The summed E-state index contributed by atoms with van der Waals surface area (Å²) in [5.74, 6) is 0.819. The summed E-state index contributed by atoms with van der Waals surface area (Å²) in [4.78, 5) is 8.74. The Balaban J connectivity index is 3.02. The maximum Gasteiger partial charge on any atom is 0.133 e. The summed E-state index contributed by atoms with van der Waals surface area (Å²) in [6.45, 7) is 8.52. The number of aromatic nitrogens is 2. The van der Waals surface area contributed by atoms with Crippen molar-refractivity contribution in [3.63, 3.8) is 0 Å². The fraction of sp³-hybridized carbons (Fsp3) is 0.667. The predicted molar refractivity (Wildman–Crippen MR) is 60.8 cm³/mol. The molecule has 0 amide bonds. The number of aliphatic hydroxyl groups excluding tert-OH is 1. The van der Waals surface area contributed by atoms with Crippen LogP contribution in [-0.4, -0.2) is 21.7 Å². The summed E-state index contributed by atoms with van der Waals surface area (Å²) in [7, 11) is 0. The zero-order valence-corrected chi connectivity index (χ0v) is 9.99. The van der Waals surface area contributed by atoms with E-state index >= 15 is 0 Å². The van der Waals surface area contributed by atoms with Gasteiger partial charge in [0, 0.05) is 23.2 Å². The van der Waals surface area contributed by atoms with Crippen molar-refractivity contribution in [2.45, 2.75) is 45.4 Å². The Morgan fingerprint density at radius 2 is 2.07 bits per heavy atom. The van der Waals surface area contributed by atoms with Gasteiger partial charge in [-0.15, -0.1) is 0 Å². The van der Waals surface area contributed by atoms with Crippen LogP contribution in [0.1, 0.15) is 51.6 Å². The number of hydrogen-bond donors (Lipinski definition) is 1. The molecule has 0 fully saturated rings. The van der Waals surface area contributed by atoms with E-state index in [1.165, 1.54) is 0 Å². The van der Waals surface area contributed by atoms with E-state index in [9.17, 15) is 5.11 Å². The Hall–Kier alpha value is -0.960. The lowest BCUT2D eigenvalue weighted by atomic mass is 9.92. The standard InChI is InChI=1S/C12H20N2O/c1-5-9(8-15)11-13-7-6-10(14-11)12(2,3)4/h6-7,9,15H,5,8H2,1-4H3. The largest absolute Gasteiger partial charge is 0.396 e. The van der Waals surface area contributed by atoms with Gasteiger partial charge in [0.15, 0.2) is 0 Å². The van der Waals surface area contributed by atoms with Crippen molar-refractivity contribution < 1.29 is 5.11 Å². The molecular formula is C12H20N2O. The van der Waals surface area contributed by atoms with Gasteiger partial charge >= 0.3 is 0 Å². The van der Waals surface area contributed by atoms with Crippen molar-refractivity contribution in [1.29, 1.82) is 0 Å². The van der Waals surface area contributed by atoms with E-state index in [0.29, 0.717) is 0 Å². The molecule has 0 aliphatic rings. The SMILES string of the molecule is CCC(CO)c1nccc(C(C)(C)C)n1. The molecule has 0 bridgehead atoms. The van der Waals surface area contributed by atoms with E-state index < -0.39 is 0 Å². The average Bonchev–Trinajstić information content (AvgIpc) is 2.19. The summed E-state index contributed by atoms with van der Waals surface area (Å²) in [5.41, 5.74) is 1.06. The third kappa shape index (κ3) is 2.99. The zero-order valence-electron chi connectivity index (χ0n) is 9.99. The first-order valence-corrected chi connectivity index (χ1v) is 5.43. The van der Waals surface area contributed by atoms with Crippen LogP contribution >= 0.6 is 0 Å². The Labute approximate surface area is 91.6 Å². The van der Waals surface area contributed by atoms with Crippen molar-refractivity contribution >= 4 is 0 Å². The van der Waals surface area contributed by atoms with Gasteiger partial charge in [0.1, 0.15) is 5.82 Å². The minimum atomic E-state index is 0.0332. The summed E-state index contributed by atoms with van der Waals surface area (Å²) >= 11 is 0. The minimum absolute atomic E-state index is 0.0332. The third-order valence-corrected chi connectivity index (χ3v) is 2.52. The first-order chi connectivity index (χ1) is 6.99. The van der Waals surface area contributed by atoms with Crippen molar-refractivity contribution in [3.05, 3.63) is 23.8 Å². The predicted octanol–water partition coefficient (Wildman–Crippen LogP) is 2.26. The van der Waals surface area contributed by atoms with E-state index in [1.807, 2.05) is 13.0 Å². The highest BCUT2D eigenvalue weighted by molar-refractivity contribution is 5.13. The van der Waals surface area contributed by atoms with Gasteiger partial charge in [-0.05, 0) is 12.5 Å². The van der Waals surface area contributed by atoms with Crippen molar-refractivity contribution in [1.82, 2.24) is 9.97 Å². The van der Waals surface area contributed by atoms with Gasteiger partial charge in [-0.2, -0.15) is 0 Å². The number of nitrogens with zero attached hydrogens (tertiary/aromatic N) is 2. The second-order valence-corrected chi connectivity index (χ2v) is 4.84. The molecule has 3 heteroatoms. The quantitative estimate of drug-likeness (QED) is 0.828. The smallest absolute Gasteiger partial charge is 0.133 e. The lowest BCUT2D eigenvalue weighted by molar-refractivity contribution is 0.257. The monoisotopic (exact) mass is 208 g/mol. The van der Waals surface area contributed by atoms with Crippen LogP contribution in [0.2, 0.25) is 0 Å². The van der Waals surface area contributed by atoms with Gasteiger partial charge < -0.3 is 5.11 Å². The van der Waals surface area contributed by atoms with Crippen molar-refractivity contribution in [3.8, 4) is 0 Å². The Morgan fingerprint density at radius 3 is 2.53 bits per heavy atom. The fourth-order valence-corrected chi connectivity index (χ4v) is 1.38. The molecule has 15 heavy (non-hydrogen) atoms. The molecule has 3 nitrogen and oxygen atoms in total. The maximum atomic E-state index is 9.19. The summed E-state index contributed by atoms with van der Waals surface area (Å²) in [5, 5.41) is 9.19. The zero-order chi connectivity index (χ0) is 11.5. The van der Waals surface area contributed by atoms with Crippen LogP contribution in [0.25, 0.3) is 0 Å². The molecule has 1 atom stereocenters. The van der Waals surface area contributed by atoms with E-state index in [0.717, 1.165) is 17.9 Å². The van der Waals surface area contributed by atoms with Crippen LogP contribution < -0.4 is 0 Å². The highest BCUT2D eigenvalue weighted by Gasteiger charge is 2.18. The normalized spacial score (nSPS) is 13.9. The molecule has 1 aromatic rings. The lowest BCUT2D eigenvalue weighted by Gasteiger charge is -2.19. The molecule has 1 unspecified atom stereocenters. The molecule has 1 heterocycles. The van der Waals surface area contributed by atoms with Crippen LogP contribution in [0.15, 0.2) is 12.3 Å². The van der Waals surface area contributed by atoms with Crippen molar-refractivity contribution in [2.75, 3.05) is 6.61 Å². The highest BCUT2D eigenvalue weighted by Crippen LogP contribution is 2.22. The van der Waals surface area contributed by atoms with Crippen LogP contribution in [0.3, 0.4) is 0 Å². The van der Waals surface area contributed by atoms with E-state index in [2.05, 4.69) is 30.7 Å². The Morgan fingerprint density at radius 1 is 1.40 bits per heavy atom. The van der Waals surface area contributed by atoms with Gasteiger partial charge in [-0.25, -0.2) is 9.97 Å². The third-order valence-electron chi connectivity index (χ3n) is 2.52. The van der Waals surface area contributed by atoms with Crippen LogP contribution in [0.4, 0.5) is 0 Å². The van der Waals surface area contributed by atoms with Gasteiger partial charge in [-0.3, -0.25) is 0 Å². The molecule has 84 valence electrons. The molecule has 1 N–H and O–H groups in total. The van der Waals surface area contributed by atoms with Crippen LogP contribution in [0, 0.1) is 0 Å². The van der Waals surface area contributed by atoms with Crippen LogP contribution in [0.5, 0.6) is 0 Å². The first-order valence-electron chi connectivity index (χ1n) is 5.43. The fourth-order valence-electron chi connectivity index (χ4n) is 1.38. The molecular weight excluding hydrogens is 188 g/mol. The Bertz CT molecular complexity index is 314. The van der Waals surface area contributed by atoms with Crippen LogP contribution in [-0.2, 0) is 5.41 Å². The van der Waals surface area contributed by atoms with E-state index in [4.69, 9.17) is 0 Å². The van der Waals surface area contributed by atoms with E-state index in [1.54, 1.807) is 6.20 Å². The summed E-state index contributed by atoms with van der Waals surface area (Å²) < 4.78 is 0. The lowest BCUT2D eigenvalue weighted by Crippen LogP contribution is -2.17. The molecule has 0 aromatic carbocycles. The molecule has 0 saturated heterocycles. The molecule has 0 aliphatic heterocycles. The summed E-state index contributed by atoms with van der Waals surface area (Å²) in [6, 6.07) is 1.94. The number of aliphatic hydroxyl groups is 1. The molecule has 1 aromatic heterocycles. The molecule has 0 aliphatic carbocycles. The van der Waals surface area contributed by atoms with Gasteiger partial charge in [0.05, 0.1) is 6.61 Å².